The second-order valence-electron chi connectivity index (χ2n) is 3.82. The van der Waals surface area contributed by atoms with Crippen LogP contribution < -0.4 is 11.1 Å². The van der Waals surface area contributed by atoms with Crippen LogP contribution >= 0.6 is 11.6 Å². The molecule has 1 aromatic heterocycles. The smallest absolute Gasteiger partial charge is 0.348 e. The topological polar surface area (TPSA) is 74.8 Å². The highest BCUT2D eigenvalue weighted by Crippen LogP contribution is 2.15. The van der Waals surface area contributed by atoms with Crippen molar-refractivity contribution in [2.45, 2.75) is 6.92 Å². The molecule has 0 spiro atoms. The van der Waals surface area contributed by atoms with Gasteiger partial charge in [0.25, 0.3) is 0 Å². The Balaban J connectivity index is 2.18. The van der Waals surface area contributed by atoms with Crippen LogP contribution in [0.15, 0.2) is 44.6 Å². The Morgan fingerprint density at radius 3 is 2.89 bits per heavy atom. The van der Waals surface area contributed by atoms with Gasteiger partial charge in [-0.2, -0.15) is 5.10 Å². The van der Waals surface area contributed by atoms with E-state index in [-0.39, 0.29) is 11.3 Å². The number of nitrogens with one attached hydrogen (secondary N) is 1. The molecule has 0 aliphatic heterocycles. The first-order valence-electron chi connectivity index (χ1n) is 5.44. The number of rotatable bonds is 3. The fourth-order valence-corrected chi connectivity index (χ4v) is 1.64. The Kier molecular flexibility index (Phi) is 3.87. The first-order valence-corrected chi connectivity index (χ1v) is 5.82. The molecule has 1 aromatic carbocycles. The van der Waals surface area contributed by atoms with Gasteiger partial charge in [0.2, 0.25) is 0 Å². The Bertz CT molecular complexity index is 680. The fraction of sp³-hybridized carbons (Fsp3) is 0.0769. The third-order valence-corrected chi connectivity index (χ3v) is 2.54. The van der Waals surface area contributed by atoms with Crippen molar-refractivity contribution in [3.63, 3.8) is 0 Å². The average Bonchev–Trinajstić information content (AvgIpc) is 2.32. The highest BCUT2D eigenvalue weighted by Gasteiger charge is 2.06. The number of aryl methyl sites for hydroxylation is 1. The largest absolute Gasteiger partial charge is 0.507 e. The molecule has 0 atom stereocenters. The van der Waals surface area contributed by atoms with Crippen LogP contribution in [-0.2, 0) is 0 Å². The number of halogens is 1. The summed E-state index contributed by atoms with van der Waals surface area (Å²) in [4.78, 5) is 11.5. The summed E-state index contributed by atoms with van der Waals surface area (Å²) in [6, 6.07) is 8.29. The van der Waals surface area contributed by atoms with Crippen LogP contribution in [0.1, 0.15) is 11.3 Å². The van der Waals surface area contributed by atoms with Crippen molar-refractivity contribution in [2.24, 2.45) is 5.10 Å². The molecule has 0 aliphatic rings. The standard InChI is InChI=1S/C13H11ClN2O3/c1-8-5-12(17)11(13(18)19-8)7-15-16-10-4-2-3-9(14)6-10/h2-7,16-17H,1H3/b15-7+. The molecule has 2 aromatic rings. The molecule has 0 saturated carbocycles. The van der Waals surface area contributed by atoms with E-state index in [0.717, 1.165) is 0 Å². The molecule has 0 aliphatic carbocycles. The van der Waals surface area contributed by atoms with Gasteiger partial charge in [0.05, 0.1) is 11.9 Å². The molecular weight excluding hydrogens is 268 g/mol. The van der Waals surface area contributed by atoms with E-state index in [1.165, 1.54) is 12.3 Å². The highest BCUT2D eigenvalue weighted by molar-refractivity contribution is 6.30. The minimum atomic E-state index is -0.644. The molecule has 19 heavy (non-hydrogen) atoms. The SMILES string of the molecule is Cc1cc(O)c(/C=N/Nc2cccc(Cl)c2)c(=O)o1. The fourth-order valence-electron chi connectivity index (χ4n) is 1.45. The predicted molar refractivity (Wildman–Crippen MR) is 74.0 cm³/mol. The van der Waals surface area contributed by atoms with Crippen molar-refractivity contribution in [3.8, 4) is 5.75 Å². The van der Waals surface area contributed by atoms with Crippen LogP contribution in [0.5, 0.6) is 5.75 Å². The monoisotopic (exact) mass is 278 g/mol. The lowest BCUT2D eigenvalue weighted by Gasteiger charge is -2.01. The van der Waals surface area contributed by atoms with Crippen molar-refractivity contribution in [1.82, 2.24) is 0 Å². The van der Waals surface area contributed by atoms with Gasteiger partial charge in [-0.1, -0.05) is 17.7 Å². The molecule has 2 rings (SSSR count). The summed E-state index contributed by atoms with van der Waals surface area (Å²) in [5.41, 5.74) is 2.70. The summed E-state index contributed by atoms with van der Waals surface area (Å²) >= 11 is 5.81. The maximum Gasteiger partial charge on any atom is 0.348 e. The van der Waals surface area contributed by atoms with Crippen LogP contribution in [0.4, 0.5) is 5.69 Å². The summed E-state index contributed by atoms with van der Waals surface area (Å²) in [6.45, 7) is 1.58. The first-order chi connectivity index (χ1) is 9.06. The van der Waals surface area contributed by atoms with Crippen LogP contribution in [-0.4, -0.2) is 11.3 Å². The lowest BCUT2D eigenvalue weighted by molar-refractivity contribution is 0.433. The number of hydrogen-bond donors (Lipinski definition) is 2. The molecule has 5 nitrogen and oxygen atoms in total. The number of nitrogens with zero attached hydrogens (tertiary/aromatic N) is 1. The normalized spacial score (nSPS) is 10.8. The van der Waals surface area contributed by atoms with Crippen LogP contribution in [0.2, 0.25) is 5.02 Å². The van der Waals surface area contributed by atoms with Crippen LogP contribution in [0.25, 0.3) is 0 Å². The third-order valence-electron chi connectivity index (χ3n) is 2.30. The van der Waals surface area contributed by atoms with E-state index >= 15 is 0 Å². The van der Waals surface area contributed by atoms with Crippen LogP contribution in [0, 0.1) is 6.92 Å². The van der Waals surface area contributed by atoms with E-state index < -0.39 is 5.63 Å². The molecule has 0 saturated heterocycles. The second kappa shape index (κ2) is 5.58. The Hall–Kier alpha value is -2.27. The zero-order valence-electron chi connectivity index (χ0n) is 10.1. The molecule has 2 N–H and O–H groups in total. The van der Waals surface area contributed by atoms with Gasteiger partial charge < -0.3 is 9.52 Å². The van der Waals surface area contributed by atoms with Gasteiger partial charge in [-0.05, 0) is 25.1 Å². The summed E-state index contributed by atoms with van der Waals surface area (Å²) in [5.74, 6) is 0.160. The number of benzene rings is 1. The molecule has 0 unspecified atom stereocenters. The van der Waals surface area contributed by atoms with Gasteiger partial charge in [-0.25, -0.2) is 4.79 Å². The number of hydrazone groups is 1. The summed E-state index contributed by atoms with van der Waals surface area (Å²) < 4.78 is 4.86. The summed E-state index contributed by atoms with van der Waals surface area (Å²) in [7, 11) is 0. The zero-order chi connectivity index (χ0) is 13.8. The van der Waals surface area contributed by atoms with E-state index in [1.54, 1.807) is 31.2 Å². The van der Waals surface area contributed by atoms with E-state index in [0.29, 0.717) is 16.5 Å². The highest BCUT2D eigenvalue weighted by atomic mass is 35.5. The van der Waals surface area contributed by atoms with E-state index in [9.17, 15) is 9.90 Å². The van der Waals surface area contributed by atoms with Gasteiger partial charge in [0.1, 0.15) is 17.1 Å². The molecular formula is C13H11ClN2O3. The third kappa shape index (κ3) is 3.35. The van der Waals surface area contributed by atoms with Gasteiger partial charge >= 0.3 is 5.63 Å². The first kappa shape index (κ1) is 13.2. The predicted octanol–water partition coefficient (Wildman–Crippen LogP) is 2.75. The maximum atomic E-state index is 11.5. The number of aromatic hydroxyl groups is 1. The van der Waals surface area contributed by atoms with Crippen molar-refractivity contribution < 1.29 is 9.52 Å². The minimum Gasteiger partial charge on any atom is -0.507 e. The van der Waals surface area contributed by atoms with E-state index in [1.807, 2.05) is 0 Å². The van der Waals surface area contributed by atoms with Crippen LogP contribution in [0.3, 0.4) is 0 Å². The average molecular weight is 279 g/mol. The second-order valence-corrected chi connectivity index (χ2v) is 4.26. The maximum absolute atomic E-state index is 11.5. The summed E-state index contributed by atoms with van der Waals surface area (Å²) in [5, 5.41) is 14.0. The molecule has 0 bridgehead atoms. The summed E-state index contributed by atoms with van der Waals surface area (Å²) in [6.07, 6.45) is 1.20. The van der Waals surface area contributed by atoms with E-state index in [4.69, 9.17) is 16.0 Å². The zero-order valence-corrected chi connectivity index (χ0v) is 10.8. The Labute approximate surface area is 114 Å². The van der Waals surface area contributed by atoms with Crippen molar-refractivity contribution in [2.75, 3.05) is 5.43 Å². The molecule has 98 valence electrons. The lowest BCUT2D eigenvalue weighted by atomic mass is 10.2. The van der Waals surface area contributed by atoms with Crippen molar-refractivity contribution >= 4 is 23.5 Å². The Morgan fingerprint density at radius 1 is 1.42 bits per heavy atom. The van der Waals surface area contributed by atoms with Crippen molar-refractivity contribution in [3.05, 3.63) is 57.1 Å². The van der Waals surface area contributed by atoms with Gasteiger partial charge in [0, 0.05) is 11.1 Å². The van der Waals surface area contributed by atoms with E-state index in [2.05, 4.69) is 10.5 Å². The quantitative estimate of drug-likeness (QED) is 0.669. The van der Waals surface area contributed by atoms with Gasteiger partial charge in [0.15, 0.2) is 0 Å². The van der Waals surface area contributed by atoms with Gasteiger partial charge in [-0.15, -0.1) is 0 Å². The molecule has 0 fully saturated rings. The molecule has 0 radical (unpaired) electrons. The van der Waals surface area contributed by atoms with Gasteiger partial charge in [-0.3, -0.25) is 5.43 Å². The molecule has 6 heteroatoms. The number of hydrogen-bond acceptors (Lipinski definition) is 5. The van der Waals surface area contributed by atoms with Crippen molar-refractivity contribution in [1.29, 1.82) is 0 Å². The molecule has 0 amide bonds. The number of anilines is 1. The Morgan fingerprint density at radius 2 is 2.21 bits per heavy atom. The lowest BCUT2D eigenvalue weighted by Crippen LogP contribution is -2.08. The minimum absolute atomic E-state index is 0.0138. The molecule has 1 heterocycles.